The first-order valence-electron chi connectivity index (χ1n) is 5.25. The van der Waals surface area contributed by atoms with Crippen molar-refractivity contribution in [1.29, 1.82) is 0 Å². The monoisotopic (exact) mass is 268 g/mol. The largest absolute Gasteiger partial charge is 0.293 e. The smallest absolute Gasteiger partial charge is 0.176 e. The van der Waals surface area contributed by atoms with Gasteiger partial charge in [-0.3, -0.25) is 4.79 Å². The summed E-state index contributed by atoms with van der Waals surface area (Å²) in [5.74, 6) is 0.715. The molecule has 0 N–H and O–H groups in total. The minimum absolute atomic E-state index is 0.0554. The summed E-state index contributed by atoms with van der Waals surface area (Å²) in [5, 5.41) is 0. The highest BCUT2D eigenvalue weighted by atomic mass is 79.9. The molecule has 1 rings (SSSR count). The number of carbonyl (C=O) groups excluding carboxylic acids is 1. The molecule has 0 fully saturated rings. The molecule has 0 bridgehead atoms. The second kappa shape index (κ2) is 5.45. The molecule has 0 aliphatic rings. The van der Waals surface area contributed by atoms with Crippen molar-refractivity contribution in [2.24, 2.45) is 5.92 Å². The quantitative estimate of drug-likeness (QED) is 0.596. The molecule has 2 heteroatoms. The Kier molecular flexibility index (Phi) is 4.52. The summed E-state index contributed by atoms with van der Waals surface area (Å²) in [6, 6.07) is 7.74. The highest BCUT2D eigenvalue weighted by Gasteiger charge is 2.17. The fourth-order valence-electron chi connectivity index (χ4n) is 1.42. The third-order valence-electron chi connectivity index (χ3n) is 2.30. The van der Waals surface area contributed by atoms with Gasteiger partial charge in [-0.2, -0.15) is 0 Å². The van der Waals surface area contributed by atoms with E-state index in [9.17, 15) is 4.79 Å². The number of hydrogen-bond acceptors (Lipinski definition) is 1. The van der Waals surface area contributed by atoms with Gasteiger partial charge >= 0.3 is 0 Å². The molecule has 0 aliphatic carbocycles. The van der Waals surface area contributed by atoms with Crippen LogP contribution in [0.3, 0.4) is 0 Å². The number of carbonyl (C=O) groups is 1. The van der Waals surface area contributed by atoms with Crippen LogP contribution in [0.1, 0.15) is 36.2 Å². The molecule has 0 radical (unpaired) electrons. The Morgan fingerprint density at radius 1 is 1.27 bits per heavy atom. The molecule has 0 aliphatic heterocycles. The summed E-state index contributed by atoms with van der Waals surface area (Å²) < 4.78 is 0. The Morgan fingerprint density at radius 3 is 2.27 bits per heavy atom. The second-order valence-corrected chi connectivity index (χ2v) is 5.43. The van der Waals surface area contributed by atoms with Crippen molar-refractivity contribution in [1.82, 2.24) is 0 Å². The normalized spacial score (nSPS) is 12.9. The standard InChI is InChI=1S/C13H17BrO/c1-9(2)8-12(14)13(15)11-6-4-10(3)5-7-11/h4-7,9,12H,8H2,1-3H3. The average Bonchev–Trinajstić information content (AvgIpc) is 2.17. The summed E-state index contributed by atoms with van der Waals surface area (Å²) in [6.07, 6.45) is 0.882. The first kappa shape index (κ1) is 12.4. The summed E-state index contributed by atoms with van der Waals surface area (Å²) >= 11 is 3.45. The van der Waals surface area contributed by atoms with Crippen molar-refractivity contribution < 1.29 is 4.79 Å². The highest BCUT2D eigenvalue weighted by Crippen LogP contribution is 2.18. The van der Waals surface area contributed by atoms with Gasteiger partial charge in [0.2, 0.25) is 0 Å². The molecule has 15 heavy (non-hydrogen) atoms. The van der Waals surface area contributed by atoms with Crippen molar-refractivity contribution >= 4 is 21.7 Å². The number of aryl methyl sites for hydroxylation is 1. The molecule has 1 unspecified atom stereocenters. The van der Waals surface area contributed by atoms with Crippen LogP contribution in [0.15, 0.2) is 24.3 Å². The van der Waals surface area contributed by atoms with Crippen LogP contribution in [0.4, 0.5) is 0 Å². The van der Waals surface area contributed by atoms with E-state index in [0.29, 0.717) is 5.92 Å². The molecule has 82 valence electrons. The van der Waals surface area contributed by atoms with Gasteiger partial charge in [-0.15, -0.1) is 0 Å². The van der Waals surface area contributed by atoms with Gasteiger partial charge in [0, 0.05) is 5.56 Å². The summed E-state index contributed by atoms with van der Waals surface area (Å²) in [7, 11) is 0. The molecule has 0 spiro atoms. The Labute approximate surface area is 100 Å². The number of alkyl halides is 1. The molecule has 1 atom stereocenters. The molecule has 1 aromatic carbocycles. The highest BCUT2D eigenvalue weighted by molar-refractivity contribution is 9.10. The molecular formula is C13H17BrO. The third kappa shape index (κ3) is 3.78. The predicted molar refractivity (Wildman–Crippen MR) is 67.7 cm³/mol. The fourth-order valence-corrected chi connectivity index (χ4v) is 2.43. The fraction of sp³-hybridized carbons (Fsp3) is 0.462. The number of Topliss-reactive ketones (excluding diaryl/α,β-unsaturated/α-hetero) is 1. The number of ketones is 1. The number of rotatable bonds is 4. The van der Waals surface area contributed by atoms with E-state index in [2.05, 4.69) is 29.8 Å². The zero-order chi connectivity index (χ0) is 11.4. The Balaban J connectivity index is 2.72. The van der Waals surface area contributed by atoms with Crippen molar-refractivity contribution in [2.45, 2.75) is 32.0 Å². The maximum atomic E-state index is 11.9. The number of hydrogen-bond donors (Lipinski definition) is 0. The first-order chi connectivity index (χ1) is 7.00. The van der Waals surface area contributed by atoms with Crippen molar-refractivity contribution in [3.05, 3.63) is 35.4 Å². The number of benzene rings is 1. The lowest BCUT2D eigenvalue weighted by molar-refractivity contribution is 0.0984. The van der Waals surface area contributed by atoms with Crippen LogP contribution in [0, 0.1) is 12.8 Å². The third-order valence-corrected chi connectivity index (χ3v) is 3.09. The van der Waals surface area contributed by atoms with E-state index in [1.165, 1.54) is 5.56 Å². The molecule has 1 nitrogen and oxygen atoms in total. The molecule has 1 aromatic rings. The lowest BCUT2D eigenvalue weighted by Gasteiger charge is -2.11. The molecule has 0 aromatic heterocycles. The van der Waals surface area contributed by atoms with Gasteiger partial charge in [0.05, 0.1) is 4.83 Å². The SMILES string of the molecule is Cc1ccc(C(=O)C(Br)CC(C)C)cc1. The zero-order valence-electron chi connectivity index (χ0n) is 9.46. The van der Waals surface area contributed by atoms with Gasteiger partial charge in [-0.05, 0) is 19.3 Å². The minimum Gasteiger partial charge on any atom is -0.293 e. The van der Waals surface area contributed by atoms with Crippen LogP contribution in [0.5, 0.6) is 0 Å². The topological polar surface area (TPSA) is 17.1 Å². The maximum absolute atomic E-state index is 11.9. The van der Waals surface area contributed by atoms with E-state index in [1.54, 1.807) is 0 Å². The number of halogens is 1. The molecule has 0 heterocycles. The Hall–Kier alpha value is -0.630. The van der Waals surface area contributed by atoms with Crippen molar-refractivity contribution in [3.63, 3.8) is 0 Å². The van der Waals surface area contributed by atoms with Gasteiger partial charge in [0.15, 0.2) is 5.78 Å². The minimum atomic E-state index is -0.0554. The van der Waals surface area contributed by atoms with E-state index in [0.717, 1.165) is 12.0 Å². The lowest BCUT2D eigenvalue weighted by Crippen LogP contribution is -2.16. The van der Waals surface area contributed by atoms with Gasteiger partial charge in [-0.1, -0.05) is 59.6 Å². The first-order valence-corrected chi connectivity index (χ1v) is 6.17. The van der Waals surface area contributed by atoms with E-state index < -0.39 is 0 Å². The molecule has 0 saturated heterocycles. The lowest BCUT2D eigenvalue weighted by atomic mass is 10.0. The predicted octanol–water partition coefficient (Wildman–Crippen LogP) is 3.99. The van der Waals surface area contributed by atoms with Gasteiger partial charge in [-0.25, -0.2) is 0 Å². The van der Waals surface area contributed by atoms with Crippen LogP contribution < -0.4 is 0 Å². The second-order valence-electron chi connectivity index (χ2n) is 4.33. The maximum Gasteiger partial charge on any atom is 0.176 e. The van der Waals surface area contributed by atoms with Crippen molar-refractivity contribution in [3.8, 4) is 0 Å². The van der Waals surface area contributed by atoms with Crippen LogP contribution >= 0.6 is 15.9 Å². The van der Waals surface area contributed by atoms with E-state index in [-0.39, 0.29) is 10.6 Å². The molecular weight excluding hydrogens is 252 g/mol. The van der Waals surface area contributed by atoms with Crippen LogP contribution in [0.25, 0.3) is 0 Å². The van der Waals surface area contributed by atoms with Gasteiger partial charge < -0.3 is 0 Å². The van der Waals surface area contributed by atoms with E-state index in [1.807, 2.05) is 31.2 Å². The Morgan fingerprint density at radius 2 is 1.80 bits per heavy atom. The molecule has 0 saturated carbocycles. The zero-order valence-corrected chi connectivity index (χ0v) is 11.0. The average molecular weight is 269 g/mol. The van der Waals surface area contributed by atoms with Crippen LogP contribution in [-0.2, 0) is 0 Å². The van der Waals surface area contributed by atoms with Crippen molar-refractivity contribution in [2.75, 3.05) is 0 Å². The Bertz CT molecular complexity index is 327. The van der Waals surface area contributed by atoms with Gasteiger partial charge in [0.25, 0.3) is 0 Å². The van der Waals surface area contributed by atoms with Gasteiger partial charge in [0.1, 0.15) is 0 Å². The van der Waals surface area contributed by atoms with Crippen LogP contribution in [0.2, 0.25) is 0 Å². The van der Waals surface area contributed by atoms with E-state index in [4.69, 9.17) is 0 Å². The molecule has 0 amide bonds. The summed E-state index contributed by atoms with van der Waals surface area (Å²) in [6.45, 7) is 6.27. The summed E-state index contributed by atoms with van der Waals surface area (Å²) in [4.78, 5) is 11.9. The summed E-state index contributed by atoms with van der Waals surface area (Å²) in [5.41, 5.74) is 1.98. The van der Waals surface area contributed by atoms with Crippen LogP contribution in [-0.4, -0.2) is 10.6 Å². The van der Waals surface area contributed by atoms with E-state index >= 15 is 0 Å².